The molecule has 0 bridgehead atoms. The summed E-state index contributed by atoms with van der Waals surface area (Å²) < 4.78 is 28.8. The van der Waals surface area contributed by atoms with Crippen molar-refractivity contribution in [1.82, 2.24) is 14.5 Å². The summed E-state index contributed by atoms with van der Waals surface area (Å²) in [5, 5.41) is 4.08. The van der Waals surface area contributed by atoms with Crippen molar-refractivity contribution in [2.45, 2.75) is 44.0 Å². The third-order valence-corrected chi connectivity index (χ3v) is 4.94. The standard InChI is InChI=1S/C16H23N3O2S/c1-2-3-6-15-7-9-16(10-8-15)22(20,21)18-12-5-14-19-13-4-11-17-19/h4,7-11,13,18H,2-3,5-6,12,14H2,1H3. The fourth-order valence-electron chi connectivity index (χ4n) is 2.18. The lowest BCUT2D eigenvalue weighted by Crippen LogP contribution is -2.25. The molecule has 6 heteroatoms. The Morgan fingerprint density at radius 1 is 1.18 bits per heavy atom. The van der Waals surface area contributed by atoms with Gasteiger partial charge in [-0.25, -0.2) is 13.1 Å². The largest absolute Gasteiger partial charge is 0.273 e. The number of aromatic nitrogens is 2. The minimum atomic E-state index is -3.42. The van der Waals surface area contributed by atoms with Gasteiger partial charge in [0.05, 0.1) is 4.90 Å². The maximum absolute atomic E-state index is 12.2. The highest BCUT2D eigenvalue weighted by Gasteiger charge is 2.12. The van der Waals surface area contributed by atoms with E-state index in [9.17, 15) is 8.42 Å². The molecule has 120 valence electrons. The Bertz CT molecular complexity index is 649. The molecule has 1 heterocycles. The summed E-state index contributed by atoms with van der Waals surface area (Å²) in [6.45, 7) is 3.25. The average molecular weight is 321 g/mol. The normalized spacial score (nSPS) is 11.7. The van der Waals surface area contributed by atoms with Gasteiger partial charge in [-0.15, -0.1) is 0 Å². The molecule has 0 radical (unpaired) electrons. The zero-order valence-corrected chi connectivity index (χ0v) is 13.7. The molecular formula is C16H23N3O2S. The van der Waals surface area contributed by atoms with Gasteiger partial charge in [0.2, 0.25) is 10.0 Å². The molecule has 1 aromatic carbocycles. The van der Waals surface area contributed by atoms with Gasteiger partial charge in [0.15, 0.2) is 0 Å². The van der Waals surface area contributed by atoms with Crippen molar-refractivity contribution >= 4 is 10.0 Å². The first kappa shape index (κ1) is 16.7. The van der Waals surface area contributed by atoms with Crippen molar-refractivity contribution in [3.05, 3.63) is 48.3 Å². The number of hydrogen-bond donors (Lipinski definition) is 1. The molecule has 0 aliphatic carbocycles. The molecular weight excluding hydrogens is 298 g/mol. The lowest BCUT2D eigenvalue weighted by Gasteiger charge is -2.08. The van der Waals surface area contributed by atoms with Gasteiger partial charge in [0.1, 0.15) is 0 Å². The van der Waals surface area contributed by atoms with Crippen LogP contribution in [-0.4, -0.2) is 24.7 Å². The van der Waals surface area contributed by atoms with Crippen molar-refractivity contribution in [2.24, 2.45) is 0 Å². The zero-order valence-electron chi connectivity index (χ0n) is 12.9. The van der Waals surface area contributed by atoms with Crippen molar-refractivity contribution < 1.29 is 8.42 Å². The van der Waals surface area contributed by atoms with Crippen LogP contribution in [0.5, 0.6) is 0 Å². The Balaban J connectivity index is 1.84. The maximum atomic E-state index is 12.2. The van der Waals surface area contributed by atoms with Gasteiger partial charge in [-0.3, -0.25) is 4.68 Å². The number of sulfonamides is 1. The van der Waals surface area contributed by atoms with Crippen LogP contribution in [0.2, 0.25) is 0 Å². The first-order chi connectivity index (χ1) is 10.6. The summed E-state index contributed by atoms with van der Waals surface area (Å²) in [7, 11) is -3.42. The predicted octanol–water partition coefficient (Wildman–Crippen LogP) is 2.59. The van der Waals surface area contributed by atoms with Crippen LogP contribution in [0.3, 0.4) is 0 Å². The second kappa shape index (κ2) is 8.10. The van der Waals surface area contributed by atoms with Crippen LogP contribution in [-0.2, 0) is 23.0 Å². The molecule has 1 N–H and O–H groups in total. The number of nitrogens with zero attached hydrogens (tertiary/aromatic N) is 2. The van der Waals surface area contributed by atoms with Gasteiger partial charge < -0.3 is 0 Å². The second-order valence-corrected chi connectivity index (χ2v) is 7.03. The summed E-state index contributed by atoms with van der Waals surface area (Å²) in [5.74, 6) is 0. The maximum Gasteiger partial charge on any atom is 0.240 e. The van der Waals surface area contributed by atoms with Crippen LogP contribution in [0, 0.1) is 0 Å². The Morgan fingerprint density at radius 2 is 1.95 bits per heavy atom. The van der Waals surface area contributed by atoms with E-state index in [2.05, 4.69) is 16.7 Å². The lowest BCUT2D eigenvalue weighted by atomic mass is 10.1. The summed E-state index contributed by atoms with van der Waals surface area (Å²) >= 11 is 0. The third kappa shape index (κ3) is 4.96. The van der Waals surface area contributed by atoms with E-state index >= 15 is 0 Å². The number of nitrogens with one attached hydrogen (secondary N) is 1. The van der Waals surface area contributed by atoms with Gasteiger partial charge in [-0.2, -0.15) is 5.10 Å². The van der Waals surface area contributed by atoms with E-state index in [1.165, 1.54) is 5.56 Å². The number of rotatable bonds is 9. The SMILES string of the molecule is CCCCc1ccc(S(=O)(=O)NCCCn2cccn2)cc1. The van der Waals surface area contributed by atoms with Crippen LogP contribution in [0.15, 0.2) is 47.6 Å². The average Bonchev–Trinajstić information content (AvgIpc) is 3.03. The summed E-state index contributed by atoms with van der Waals surface area (Å²) in [6.07, 6.45) is 7.53. The minimum absolute atomic E-state index is 0.326. The van der Waals surface area contributed by atoms with Gasteiger partial charge >= 0.3 is 0 Å². The molecule has 5 nitrogen and oxygen atoms in total. The van der Waals surface area contributed by atoms with Gasteiger partial charge in [0.25, 0.3) is 0 Å². The monoisotopic (exact) mass is 321 g/mol. The molecule has 0 spiro atoms. The predicted molar refractivity (Wildman–Crippen MR) is 87.1 cm³/mol. The Hall–Kier alpha value is -1.66. The highest BCUT2D eigenvalue weighted by atomic mass is 32.2. The van der Waals surface area contributed by atoms with Crippen molar-refractivity contribution in [3.8, 4) is 0 Å². The Labute approximate surface area is 132 Å². The van der Waals surface area contributed by atoms with Crippen LogP contribution >= 0.6 is 0 Å². The van der Waals surface area contributed by atoms with E-state index in [0.29, 0.717) is 24.4 Å². The highest BCUT2D eigenvalue weighted by molar-refractivity contribution is 7.89. The van der Waals surface area contributed by atoms with E-state index in [0.717, 1.165) is 19.3 Å². The molecule has 2 aromatic rings. The fourth-order valence-corrected chi connectivity index (χ4v) is 3.25. The molecule has 0 unspecified atom stereocenters. The molecule has 22 heavy (non-hydrogen) atoms. The van der Waals surface area contributed by atoms with Crippen molar-refractivity contribution in [2.75, 3.05) is 6.54 Å². The fraction of sp³-hybridized carbons (Fsp3) is 0.438. The molecule has 0 saturated heterocycles. The van der Waals surface area contributed by atoms with E-state index in [4.69, 9.17) is 0 Å². The molecule has 2 rings (SSSR count). The van der Waals surface area contributed by atoms with Crippen molar-refractivity contribution in [3.63, 3.8) is 0 Å². The molecule has 0 aliphatic heterocycles. The number of aryl methyl sites for hydroxylation is 2. The van der Waals surface area contributed by atoms with Crippen LogP contribution in [0.1, 0.15) is 31.7 Å². The molecule has 0 aliphatic rings. The highest BCUT2D eigenvalue weighted by Crippen LogP contribution is 2.12. The number of benzene rings is 1. The molecule has 0 atom stereocenters. The first-order valence-electron chi connectivity index (χ1n) is 7.68. The van der Waals surface area contributed by atoms with Gasteiger partial charge in [0, 0.05) is 25.5 Å². The van der Waals surface area contributed by atoms with Crippen LogP contribution in [0.25, 0.3) is 0 Å². The van der Waals surface area contributed by atoms with Crippen LogP contribution in [0.4, 0.5) is 0 Å². The molecule has 1 aromatic heterocycles. The van der Waals surface area contributed by atoms with Gasteiger partial charge in [-0.05, 0) is 43.0 Å². The minimum Gasteiger partial charge on any atom is -0.273 e. The third-order valence-electron chi connectivity index (χ3n) is 3.47. The summed E-state index contributed by atoms with van der Waals surface area (Å²) in [4.78, 5) is 0.326. The molecule has 0 fully saturated rings. The molecule has 0 amide bonds. The van der Waals surface area contributed by atoms with Gasteiger partial charge in [-0.1, -0.05) is 25.5 Å². The smallest absolute Gasteiger partial charge is 0.240 e. The van der Waals surface area contributed by atoms with Crippen molar-refractivity contribution in [1.29, 1.82) is 0 Å². The van der Waals surface area contributed by atoms with Crippen LogP contribution < -0.4 is 4.72 Å². The van der Waals surface area contributed by atoms with E-state index < -0.39 is 10.0 Å². The Morgan fingerprint density at radius 3 is 2.59 bits per heavy atom. The lowest BCUT2D eigenvalue weighted by molar-refractivity contribution is 0.553. The quantitative estimate of drug-likeness (QED) is 0.722. The van der Waals surface area contributed by atoms with E-state index in [-0.39, 0.29) is 0 Å². The number of unbranched alkanes of at least 4 members (excludes halogenated alkanes) is 1. The first-order valence-corrected chi connectivity index (χ1v) is 9.16. The Kier molecular flexibility index (Phi) is 6.15. The van der Waals surface area contributed by atoms with E-state index in [1.54, 1.807) is 23.0 Å². The second-order valence-electron chi connectivity index (χ2n) is 5.27. The molecule has 0 saturated carbocycles. The zero-order chi connectivity index (χ0) is 15.8. The number of hydrogen-bond acceptors (Lipinski definition) is 3. The topological polar surface area (TPSA) is 64.0 Å². The summed E-state index contributed by atoms with van der Waals surface area (Å²) in [6, 6.07) is 9.01. The summed E-state index contributed by atoms with van der Waals surface area (Å²) in [5.41, 5.74) is 1.18. The van der Waals surface area contributed by atoms with E-state index in [1.807, 2.05) is 24.4 Å².